The molecule has 2 aromatic carbocycles. The highest BCUT2D eigenvalue weighted by molar-refractivity contribution is 7.89. The number of halogens is 1. The number of hydrogen-bond donors (Lipinski definition) is 1. The first-order valence-corrected chi connectivity index (χ1v) is 12.1. The average Bonchev–Trinajstić information content (AvgIpc) is 3.00. The van der Waals surface area contributed by atoms with Crippen molar-refractivity contribution < 1.29 is 17.6 Å². The number of sulfonamides is 1. The maximum absolute atomic E-state index is 13.1. The molecule has 3 rings (SSSR count). The summed E-state index contributed by atoms with van der Waals surface area (Å²) in [4.78, 5) is 14.6. The van der Waals surface area contributed by atoms with Crippen LogP contribution in [0.4, 0.5) is 4.39 Å². The second-order valence-electron chi connectivity index (χ2n) is 7.87. The molecule has 0 aliphatic carbocycles. The van der Waals surface area contributed by atoms with E-state index < -0.39 is 15.8 Å². The second kappa shape index (κ2) is 10.3. The van der Waals surface area contributed by atoms with Gasteiger partial charge < -0.3 is 5.32 Å². The minimum atomic E-state index is -3.68. The van der Waals surface area contributed by atoms with E-state index in [0.29, 0.717) is 32.6 Å². The van der Waals surface area contributed by atoms with Crippen molar-refractivity contribution in [2.75, 3.05) is 32.7 Å². The number of carbonyl (C=O) groups is 1. The van der Waals surface area contributed by atoms with Crippen LogP contribution in [-0.4, -0.2) is 56.3 Å². The van der Waals surface area contributed by atoms with Crippen molar-refractivity contribution in [3.8, 4) is 0 Å². The third kappa shape index (κ3) is 6.12. The van der Waals surface area contributed by atoms with Crippen LogP contribution in [0.3, 0.4) is 0 Å². The van der Waals surface area contributed by atoms with Crippen molar-refractivity contribution in [2.24, 2.45) is 0 Å². The third-order valence-corrected chi connectivity index (χ3v) is 7.54. The number of rotatable bonds is 7. The molecular formula is C23H30FN3O3S. The lowest BCUT2D eigenvalue weighted by molar-refractivity contribution is -0.122. The lowest BCUT2D eigenvalue weighted by Gasteiger charge is -2.22. The first kappa shape index (κ1) is 23.4. The van der Waals surface area contributed by atoms with Gasteiger partial charge in [0, 0.05) is 19.6 Å². The molecule has 1 fully saturated rings. The predicted molar refractivity (Wildman–Crippen MR) is 119 cm³/mol. The van der Waals surface area contributed by atoms with Crippen molar-refractivity contribution in [1.82, 2.24) is 14.5 Å². The van der Waals surface area contributed by atoms with Gasteiger partial charge in [0.05, 0.1) is 17.5 Å². The Morgan fingerprint density at radius 2 is 1.71 bits per heavy atom. The highest BCUT2D eigenvalue weighted by Crippen LogP contribution is 2.18. The zero-order valence-corrected chi connectivity index (χ0v) is 18.9. The molecule has 6 nitrogen and oxygen atoms in total. The molecule has 1 unspecified atom stereocenters. The van der Waals surface area contributed by atoms with Gasteiger partial charge in [0.1, 0.15) is 5.82 Å². The molecule has 168 valence electrons. The number of nitrogens with one attached hydrogen (secondary N) is 1. The molecule has 31 heavy (non-hydrogen) atoms. The first-order chi connectivity index (χ1) is 14.8. The molecule has 0 spiro atoms. The number of hydrogen-bond acceptors (Lipinski definition) is 4. The van der Waals surface area contributed by atoms with Crippen LogP contribution >= 0.6 is 0 Å². The molecule has 1 atom stereocenters. The smallest absolute Gasteiger partial charge is 0.243 e. The summed E-state index contributed by atoms with van der Waals surface area (Å²) in [6, 6.07) is 13.0. The summed E-state index contributed by atoms with van der Waals surface area (Å²) in [5.74, 6) is -0.551. The second-order valence-corrected chi connectivity index (χ2v) is 9.81. The first-order valence-electron chi connectivity index (χ1n) is 10.7. The minimum absolute atomic E-state index is 0.0816. The Kier molecular flexibility index (Phi) is 7.80. The van der Waals surface area contributed by atoms with Gasteiger partial charge >= 0.3 is 0 Å². The zero-order valence-electron chi connectivity index (χ0n) is 18.1. The van der Waals surface area contributed by atoms with E-state index in [4.69, 9.17) is 0 Å². The van der Waals surface area contributed by atoms with Crippen LogP contribution in [0.2, 0.25) is 0 Å². The van der Waals surface area contributed by atoms with E-state index in [1.165, 1.54) is 22.0 Å². The van der Waals surface area contributed by atoms with Gasteiger partial charge in [0.25, 0.3) is 0 Å². The molecule has 1 heterocycles. The Morgan fingerprint density at radius 1 is 1.03 bits per heavy atom. The molecule has 0 bridgehead atoms. The Hall–Kier alpha value is -2.29. The number of benzene rings is 2. The SMILES string of the molecule is CCc1ccc(C(C)NC(=O)CN2CCCN(S(=O)(=O)c3ccc(F)cc3)CC2)cc1. The van der Waals surface area contributed by atoms with Gasteiger partial charge in [-0.15, -0.1) is 0 Å². The van der Waals surface area contributed by atoms with E-state index in [1.807, 2.05) is 24.0 Å². The molecule has 0 saturated carbocycles. The molecule has 1 amide bonds. The Bertz CT molecular complexity index is 978. The van der Waals surface area contributed by atoms with Gasteiger partial charge in [-0.1, -0.05) is 31.2 Å². The minimum Gasteiger partial charge on any atom is -0.348 e. The number of aryl methyl sites for hydroxylation is 1. The Labute approximate surface area is 184 Å². The van der Waals surface area contributed by atoms with Gasteiger partial charge in [0.15, 0.2) is 0 Å². The quantitative estimate of drug-likeness (QED) is 0.709. The lowest BCUT2D eigenvalue weighted by Crippen LogP contribution is -2.40. The average molecular weight is 448 g/mol. The van der Waals surface area contributed by atoms with E-state index in [0.717, 1.165) is 24.1 Å². The molecule has 2 aromatic rings. The summed E-state index contributed by atoms with van der Waals surface area (Å²) in [5.41, 5.74) is 2.31. The number of nitrogens with zero attached hydrogens (tertiary/aromatic N) is 2. The maximum atomic E-state index is 13.1. The van der Waals surface area contributed by atoms with Crippen molar-refractivity contribution in [2.45, 2.75) is 37.6 Å². The summed E-state index contributed by atoms with van der Waals surface area (Å²) >= 11 is 0. The van der Waals surface area contributed by atoms with Crippen LogP contribution in [0.15, 0.2) is 53.4 Å². The summed E-state index contributed by atoms with van der Waals surface area (Å²) in [6.07, 6.45) is 1.60. The monoisotopic (exact) mass is 447 g/mol. The highest BCUT2D eigenvalue weighted by atomic mass is 32.2. The standard InChI is InChI=1S/C23H30FN3O3S/c1-3-19-5-7-20(8-6-19)18(2)25-23(28)17-26-13-4-14-27(16-15-26)31(29,30)22-11-9-21(24)10-12-22/h5-12,18H,3-4,13-17H2,1-2H3,(H,25,28). The molecule has 8 heteroatoms. The molecule has 1 aliphatic heterocycles. The summed E-state index contributed by atoms with van der Waals surface area (Å²) < 4.78 is 40.2. The van der Waals surface area contributed by atoms with Crippen LogP contribution in [0.1, 0.15) is 37.4 Å². The van der Waals surface area contributed by atoms with E-state index in [2.05, 4.69) is 24.4 Å². The van der Waals surface area contributed by atoms with Crippen LogP contribution < -0.4 is 5.32 Å². The molecule has 1 aliphatic rings. The van der Waals surface area contributed by atoms with Crippen molar-refractivity contribution in [3.63, 3.8) is 0 Å². The van der Waals surface area contributed by atoms with Gasteiger partial charge in [-0.25, -0.2) is 12.8 Å². The van der Waals surface area contributed by atoms with Crippen LogP contribution in [-0.2, 0) is 21.2 Å². The van der Waals surface area contributed by atoms with Gasteiger partial charge in [-0.05, 0) is 61.7 Å². The number of amides is 1. The normalized spacial score (nSPS) is 17.1. The number of carbonyl (C=O) groups excluding carboxylic acids is 1. The zero-order chi connectivity index (χ0) is 22.4. The summed E-state index contributed by atoms with van der Waals surface area (Å²) in [7, 11) is -3.68. The van der Waals surface area contributed by atoms with Crippen LogP contribution in [0, 0.1) is 5.82 Å². The van der Waals surface area contributed by atoms with E-state index >= 15 is 0 Å². The topological polar surface area (TPSA) is 69.7 Å². The van der Waals surface area contributed by atoms with Crippen molar-refractivity contribution >= 4 is 15.9 Å². The van der Waals surface area contributed by atoms with E-state index in [1.54, 1.807) is 0 Å². The highest BCUT2D eigenvalue weighted by Gasteiger charge is 2.27. The largest absolute Gasteiger partial charge is 0.348 e. The van der Waals surface area contributed by atoms with Gasteiger partial charge in [-0.3, -0.25) is 9.69 Å². The van der Waals surface area contributed by atoms with Gasteiger partial charge in [0.2, 0.25) is 15.9 Å². The fraction of sp³-hybridized carbons (Fsp3) is 0.435. The molecule has 1 saturated heterocycles. The van der Waals surface area contributed by atoms with E-state index in [9.17, 15) is 17.6 Å². The van der Waals surface area contributed by atoms with Crippen LogP contribution in [0.5, 0.6) is 0 Å². The van der Waals surface area contributed by atoms with Crippen molar-refractivity contribution in [1.29, 1.82) is 0 Å². The summed E-state index contributed by atoms with van der Waals surface area (Å²) in [6.45, 7) is 6.06. The maximum Gasteiger partial charge on any atom is 0.243 e. The van der Waals surface area contributed by atoms with Crippen LogP contribution in [0.25, 0.3) is 0 Å². The molecule has 1 N–H and O–H groups in total. The van der Waals surface area contributed by atoms with E-state index in [-0.39, 0.29) is 23.4 Å². The van der Waals surface area contributed by atoms with Crippen molar-refractivity contribution in [3.05, 3.63) is 65.5 Å². The predicted octanol–water partition coefficient (Wildman–Crippen LogP) is 2.96. The van der Waals surface area contributed by atoms with Gasteiger partial charge in [-0.2, -0.15) is 4.31 Å². The Morgan fingerprint density at radius 3 is 2.35 bits per heavy atom. The summed E-state index contributed by atoms with van der Waals surface area (Å²) in [5, 5.41) is 3.03. The lowest BCUT2D eigenvalue weighted by atomic mass is 10.1. The fourth-order valence-corrected chi connectivity index (χ4v) is 5.19. The molecular weight excluding hydrogens is 417 g/mol. The molecule has 0 radical (unpaired) electrons. The molecule has 0 aromatic heterocycles. The Balaban J connectivity index is 1.54. The third-order valence-electron chi connectivity index (χ3n) is 5.63. The fourth-order valence-electron chi connectivity index (χ4n) is 3.72.